The van der Waals surface area contributed by atoms with Crippen molar-refractivity contribution in [2.24, 2.45) is 0 Å². The molecule has 0 aliphatic carbocycles. The van der Waals surface area contributed by atoms with Crippen molar-refractivity contribution in [2.75, 3.05) is 20.2 Å². The van der Waals surface area contributed by atoms with Gasteiger partial charge in [-0.05, 0) is 44.0 Å². The molecular weight excluding hydrogens is 174 g/mol. The predicted molar refractivity (Wildman–Crippen MR) is 59.5 cm³/mol. The number of hydrogen-bond donors (Lipinski definition) is 2. The summed E-state index contributed by atoms with van der Waals surface area (Å²) in [4.78, 5) is 0. The van der Waals surface area contributed by atoms with E-state index >= 15 is 0 Å². The molecule has 78 valence electrons. The molecule has 2 N–H and O–H groups in total. The fraction of sp³-hybridized carbons (Fsp3) is 0.500. The van der Waals surface area contributed by atoms with Crippen LogP contribution in [0.2, 0.25) is 0 Å². The van der Waals surface area contributed by atoms with E-state index in [1.54, 1.807) is 0 Å². The first-order valence-electron chi connectivity index (χ1n) is 5.20. The highest BCUT2D eigenvalue weighted by Gasteiger charge is 1.94. The minimum Gasteiger partial charge on any atom is -0.396 e. The third-order valence-electron chi connectivity index (χ3n) is 2.31. The molecule has 0 saturated carbocycles. The maximum atomic E-state index is 8.69. The standard InChI is InChI=1S/C12H19NO/c1-13-9-8-12-6-4-11(5-7-12)3-2-10-14/h4-7,13-14H,2-3,8-10H2,1H3. The quantitative estimate of drug-likeness (QED) is 0.715. The van der Waals surface area contributed by atoms with Gasteiger partial charge in [0, 0.05) is 6.61 Å². The summed E-state index contributed by atoms with van der Waals surface area (Å²) in [5.74, 6) is 0. The van der Waals surface area contributed by atoms with Gasteiger partial charge >= 0.3 is 0 Å². The van der Waals surface area contributed by atoms with E-state index in [0.29, 0.717) is 0 Å². The van der Waals surface area contributed by atoms with Crippen LogP contribution in [0.4, 0.5) is 0 Å². The van der Waals surface area contributed by atoms with Crippen LogP contribution in [0.3, 0.4) is 0 Å². The Hall–Kier alpha value is -0.860. The molecule has 2 nitrogen and oxygen atoms in total. The van der Waals surface area contributed by atoms with Gasteiger partial charge < -0.3 is 10.4 Å². The number of benzene rings is 1. The molecule has 0 amide bonds. The minimum absolute atomic E-state index is 0.279. The monoisotopic (exact) mass is 193 g/mol. The third-order valence-corrected chi connectivity index (χ3v) is 2.31. The Bertz CT molecular complexity index is 216. The molecule has 0 unspecified atom stereocenters. The van der Waals surface area contributed by atoms with Gasteiger partial charge in [0.2, 0.25) is 0 Å². The number of aliphatic hydroxyl groups is 1. The summed E-state index contributed by atoms with van der Waals surface area (Å²) < 4.78 is 0. The first kappa shape index (κ1) is 11.2. The molecular formula is C12H19NO. The molecule has 1 rings (SSSR count). The average molecular weight is 193 g/mol. The van der Waals surface area contributed by atoms with Gasteiger partial charge in [-0.1, -0.05) is 24.3 Å². The van der Waals surface area contributed by atoms with Gasteiger partial charge in [0.1, 0.15) is 0 Å². The molecule has 0 fully saturated rings. The van der Waals surface area contributed by atoms with Crippen LogP contribution in [0.5, 0.6) is 0 Å². The van der Waals surface area contributed by atoms with Gasteiger partial charge in [-0.15, -0.1) is 0 Å². The lowest BCUT2D eigenvalue weighted by atomic mass is 10.1. The Morgan fingerprint density at radius 1 is 1.07 bits per heavy atom. The zero-order valence-corrected chi connectivity index (χ0v) is 8.79. The van der Waals surface area contributed by atoms with Crippen molar-refractivity contribution in [1.29, 1.82) is 0 Å². The molecule has 1 aromatic rings. The molecule has 0 atom stereocenters. The van der Waals surface area contributed by atoms with Crippen LogP contribution in [-0.4, -0.2) is 25.3 Å². The van der Waals surface area contributed by atoms with Crippen LogP contribution in [-0.2, 0) is 12.8 Å². The smallest absolute Gasteiger partial charge is 0.0434 e. The summed E-state index contributed by atoms with van der Waals surface area (Å²) in [6, 6.07) is 8.65. The first-order valence-corrected chi connectivity index (χ1v) is 5.20. The molecule has 2 heteroatoms. The van der Waals surface area contributed by atoms with Gasteiger partial charge in [0.15, 0.2) is 0 Å². The van der Waals surface area contributed by atoms with Crippen LogP contribution < -0.4 is 5.32 Å². The van der Waals surface area contributed by atoms with E-state index in [1.165, 1.54) is 11.1 Å². The Balaban J connectivity index is 2.42. The summed E-state index contributed by atoms with van der Waals surface area (Å²) in [6.45, 7) is 1.30. The van der Waals surface area contributed by atoms with Crippen molar-refractivity contribution in [3.05, 3.63) is 35.4 Å². The van der Waals surface area contributed by atoms with E-state index < -0.39 is 0 Å². The van der Waals surface area contributed by atoms with E-state index in [9.17, 15) is 0 Å². The lowest BCUT2D eigenvalue weighted by Gasteiger charge is -2.03. The van der Waals surface area contributed by atoms with Gasteiger partial charge in [-0.3, -0.25) is 0 Å². The van der Waals surface area contributed by atoms with E-state index in [-0.39, 0.29) is 6.61 Å². The van der Waals surface area contributed by atoms with Crippen molar-refractivity contribution in [3.63, 3.8) is 0 Å². The zero-order valence-electron chi connectivity index (χ0n) is 8.79. The topological polar surface area (TPSA) is 32.3 Å². The molecule has 0 saturated heterocycles. The highest BCUT2D eigenvalue weighted by atomic mass is 16.2. The fourth-order valence-electron chi connectivity index (χ4n) is 1.43. The zero-order chi connectivity index (χ0) is 10.2. The molecule has 0 aliphatic heterocycles. The average Bonchev–Trinajstić information content (AvgIpc) is 2.25. The predicted octanol–water partition coefficient (Wildman–Crippen LogP) is 1.37. The Kier molecular flexibility index (Phi) is 5.27. The third kappa shape index (κ3) is 3.90. The number of nitrogens with one attached hydrogen (secondary N) is 1. The number of hydrogen-bond acceptors (Lipinski definition) is 2. The van der Waals surface area contributed by atoms with Crippen LogP contribution in [0.25, 0.3) is 0 Å². The Morgan fingerprint density at radius 2 is 1.64 bits per heavy atom. The molecule has 0 spiro atoms. The van der Waals surface area contributed by atoms with Gasteiger partial charge in [-0.2, -0.15) is 0 Å². The molecule has 0 radical (unpaired) electrons. The fourth-order valence-corrected chi connectivity index (χ4v) is 1.43. The minimum atomic E-state index is 0.279. The van der Waals surface area contributed by atoms with Crippen molar-refractivity contribution in [3.8, 4) is 0 Å². The molecule has 1 aromatic carbocycles. The Morgan fingerprint density at radius 3 is 2.14 bits per heavy atom. The molecule has 0 heterocycles. The SMILES string of the molecule is CNCCc1ccc(CCCO)cc1. The van der Waals surface area contributed by atoms with Crippen molar-refractivity contribution >= 4 is 0 Å². The lowest BCUT2D eigenvalue weighted by molar-refractivity contribution is 0.288. The van der Waals surface area contributed by atoms with Crippen LogP contribution in [0.15, 0.2) is 24.3 Å². The summed E-state index contributed by atoms with van der Waals surface area (Å²) in [5, 5.41) is 11.8. The van der Waals surface area contributed by atoms with Crippen molar-refractivity contribution < 1.29 is 5.11 Å². The molecule has 0 aliphatic rings. The van der Waals surface area contributed by atoms with Gasteiger partial charge in [-0.25, -0.2) is 0 Å². The van der Waals surface area contributed by atoms with E-state index in [2.05, 4.69) is 29.6 Å². The van der Waals surface area contributed by atoms with E-state index in [4.69, 9.17) is 5.11 Å². The van der Waals surface area contributed by atoms with Crippen molar-refractivity contribution in [2.45, 2.75) is 19.3 Å². The highest BCUT2D eigenvalue weighted by molar-refractivity contribution is 5.22. The summed E-state index contributed by atoms with van der Waals surface area (Å²) in [7, 11) is 1.97. The van der Waals surface area contributed by atoms with Crippen molar-refractivity contribution in [1.82, 2.24) is 5.32 Å². The first-order chi connectivity index (χ1) is 6.86. The number of aryl methyl sites for hydroxylation is 1. The normalized spacial score (nSPS) is 10.4. The molecule has 14 heavy (non-hydrogen) atoms. The number of rotatable bonds is 6. The maximum absolute atomic E-state index is 8.69. The lowest BCUT2D eigenvalue weighted by Crippen LogP contribution is -2.10. The summed E-state index contributed by atoms with van der Waals surface area (Å²) >= 11 is 0. The van der Waals surface area contributed by atoms with Crippen LogP contribution in [0, 0.1) is 0 Å². The second kappa shape index (κ2) is 6.57. The maximum Gasteiger partial charge on any atom is 0.0434 e. The molecule has 0 aromatic heterocycles. The van der Waals surface area contributed by atoms with E-state index in [0.717, 1.165) is 25.8 Å². The number of likely N-dealkylation sites (N-methyl/N-ethyl adjacent to an activating group) is 1. The largest absolute Gasteiger partial charge is 0.396 e. The highest BCUT2D eigenvalue weighted by Crippen LogP contribution is 2.06. The van der Waals surface area contributed by atoms with E-state index in [1.807, 2.05) is 7.05 Å². The second-order valence-corrected chi connectivity index (χ2v) is 3.50. The van der Waals surface area contributed by atoms with Gasteiger partial charge in [0.25, 0.3) is 0 Å². The Labute approximate surface area is 86.0 Å². The van der Waals surface area contributed by atoms with Crippen LogP contribution in [0.1, 0.15) is 17.5 Å². The summed E-state index contributed by atoms with van der Waals surface area (Å²) in [6.07, 6.45) is 2.91. The van der Waals surface area contributed by atoms with Gasteiger partial charge in [0.05, 0.1) is 0 Å². The second-order valence-electron chi connectivity index (χ2n) is 3.50. The summed E-state index contributed by atoms with van der Waals surface area (Å²) in [5.41, 5.74) is 2.68. The number of aliphatic hydroxyl groups excluding tert-OH is 1. The molecule has 0 bridgehead atoms. The van der Waals surface area contributed by atoms with Crippen LogP contribution >= 0.6 is 0 Å².